The number of fused-ring (bicyclic) bond motifs is 1. The van der Waals surface area contributed by atoms with Crippen molar-refractivity contribution in [1.82, 2.24) is 15.3 Å². The summed E-state index contributed by atoms with van der Waals surface area (Å²) in [5.41, 5.74) is 3.60. The smallest absolute Gasteiger partial charge is 0.251 e. The first kappa shape index (κ1) is 16.3. The number of carbonyl (C=O) groups is 1. The van der Waals surface area contributed by atoms with E-state index in [1.807, 2.05) is 36.4 Å². The van der Waals surface area contributed by atoms with Crippen LogP contribution in [-0.2, 0) is 6.54 Å². The number of benzene rings is 2. The van der Waals surface area contributed by atoms with Crippen LogP contribution < -0.4 is 5.32 Å². The van der Waals surface area contributed by atoms with E-state index < -0.39 is 0 Å². The molecule has 0 aliphatic carbocycles. The lowest BCUT2D eigenvalue weighted by Gasteiger charge is -2.06. The number of nitrogens with zero attached hydrogens (tertiary/aromatic N) is 2. The highest BCUT2D eigenvalue weighted by Crippen LogP contribution is 2.23. The number of oxazole rings is 1. The lowest BCUT2D eigenvalue weighted by atomic mass is 10.1. The summed E-state index contributed by atoms with van der Waals surface area (Å²) in [6.45, 7) is 0.417. The minimum absolute atomic E-state index is 0.165. The van der Waals surface area contributed by atoms with E-state index in [1.165, 1.54) is 0 Å². The van der Waals surface area contributed by atoms with E-state index >= 15 is 0 Å². The molecule has 0 radical (unpaired) electrons. The summed E-state index contributed by atoms with van der Waals surface area (Å²) in [6.07, 6.45) is 1.68. The molecule has 0 atom stereocenters. The Morgan fingerprint density at radius 3 is 2.69 bits per heavy atom. The second-order valence-corrected chi connectivity index (χ2v) is 6.17. The number of aromatic nitrogens is 2. The zero-order valence-corrected chi connectivity index (χ0v) is 14.4. The Labute approximate surface area is 154 Å². The highest BCUT2D eigenvalue weighted by molar-refractivity contribution is 6.30. The third kappa shape index (κ3) is 3.43. The van der Waals surface area contributed by atoms with Crippen molar-refractivity contribution in [3.05, 3.63) is 83.0 Å². The second-order valence-electron chi connectivity index (χ2n) is 5.73. The van der Waals surface area contributed by atoms with Gasteiger partial charge < -0.3 is 9.73 Å². The van der Waals surface area contributed by atoms with Crippen LogP contribution in [0.2, 0.25) is 5.02 Å². The Morgan fingerprint density at radius 2 is 1.92 bits per heavy atom. The van der Waals surface area contributed by atoms with Crippen LogP contribution in [0.25, 0.3) is 22.7 Å². The molecule has 0 bridgehead atoms. The summed E-state index contributed by atoms with van der Waals surface area (Å²) < 4.78 is 5.71. The molecule has 0 unspecified atom stereocenters. The summed E-state index contributed by atoms with van der Waals surface area (Å²) in [7, 11) is 0. The van der Waals surface area contributed by atoms with Gasteiger partial charge in [-0.2, -0.15) is 4.98 Å². The standard InChI is InChI=1S/C20H14ClN3O2/c21-16-4-1-3-15(11-16)19(25)23-12-13-6-8-14(9-7-13)20-24-18-17(26-20)5-2-10-22-18/h1-11H,12H2,(H,23,25). The van der Waals surface area contributed by atoms with Crippen molar-refractivity contribution in [3.63, 3.8) is 0 Å². The first-order valence-corrected chi connectivity index (χ1v) is 8.41. The molecule has 2 heterocycles. The van der Waals surface area contributed by atoms with Crippen LogP contribution in [0.5, 0.6) is 0 Å². The molecular weight excluding hydrogens is 350 g/mol. The number of rotatable bonds is 4. The number of halogens is 1. The molecule has 26 heavy (non-hydrogen) atoms. The zero-order chi connectivity index (χ0) is 17.9. The monoisotopic (exact) mass is 363 g/mol. The molecule has 5 nitrogen and oxygen atoms in total. The molecule has 2 aromatic heterocycles. The van der Waals surface area contributed by atoms with E-state index in [4.69, 9.17) is 16.0 Å². The van der Waals surface area contributed by atoms with Crippen molar-refractivity contribution in [2.45, 2.75) is 6.54 Å². The van der Waals surface area contributed by atoms with Crippen LogP contribution >= 0.6 is 11.6 Å². The van der Waals surface area contributed by atoms with E-state index in [2.05, 4.69) is 15.3 Å². The van der Waals surface area contributed by atoms with Crippen molar-refractivity contribution in [2.24, 2.45) is 0 Å². The molecular formula is C20H14ClN3O2. The number of amides is 1. The number of pyridine rings is 1. The van der Waals surface area contributed by atoms with E-state index in [0.717, 1.165) is 11.1 Å². The van der Waals surface area contributed by atoms with Gasteiger partial charge in [0, 0.05) is 28.9 Å². The molecule has 2 aromatic carbocycles. The topological polar surface area (TPSA) is 68.0 Å². The molecule has 0 saturated carbocycles. The van der Waals surface area contributed by atoms with Gasteiger partial charge in [-0.15, -0.1) is 0 Å². The van der Waals surface area contributed by atoms with Crippen molar-refractivity contribution in [3.8, 4) is 11.5 Å². The molecule has 0 aliphatic heterocycles. The maximum Gasteiger partial charge on any atom is 0.251 e. The first-order chi connectivity index (χ1) is 12.7. The minimum Gasteiger partial charge on any atom is -0.434 e. The van der Waals surface area contributed by atoms with Crippen LogP contribution in [0.15, 0.2) is 71.3 Å². The average Bonchev–Trinajstić information content (AvgIpc) is 3.11. The minimum atomic E-state index is -0.165. The quantitative estimate of drug-likeness (QED) is 0.580. The Kier molecular flexibility index (Phi) is 4.37. The van der Waals surface area contributed by atoms with Crippen LogP contribution in [0, 0.1) is 0 Å². The van der Waals surface area contributed by atoms with Crippen LogP contribution in [0.3, 0.4) is 0 Å². The summed E-state index contributed by atoms with van der Waals surface area (Å²) in [5, 5.41) is 3.41. The molecule has 1 N–H and O–H groups in total. The second kappa shape index (κ2) is 6.98. The number of carbonyl (C=O) groups excluding carboxylic acids is 1. The molecule has 4 aromatic rings. The Morgan fingerprint density at radius 1 is 1.08 bits per heavy atom. The van der Waals surface area contributed by atoms with E-state index in [0.29, 0.717) is 34.3 Å². The average molecular weight is 364 g/mol. The van der Waals surface area contributed by atoms with Gasteiger partial charge in [0.15, 0.2) is 11.2 Å². The summed E-state index contributed by atoms with van der Waals surface area (Å²) in [4.78, 5) is 20.7. The maximum absolute atomic E-state index is 12.2. The van der Waals surface area contributed by atoms with Crippen molar-refractivity contribution in [2.75, 3.05) is 0 Å². The fraction of sp³-hybridized carbons (Fsp3) is 0.0500. The molecule has 0 aliphatic rings. The van der Waals surface area contributed by atoms with Crippen LogP contribution in [0.1, 0.15) is 15.9 Å². The Bertz CT molecular complexity index is 1040. The van der Waals surface area contributed by atoms with Gasteiger partial charge in [-0.05, 0) is 48.0 Å². The van der Waals surface area contributed by atoms with Gasteiger partial charge in [0.1, 0.15) is 0 Å². The van der Waals surface area contributed by atoms with Crippen molar-refractivity contribution >= 4 is 28.7 Å². The lowest BCUT2D eigenvalue weighted by molar-refractivity contribution is 0.0951. The zero-order valence-electron chi connectivity index (χ0n) is 13.6. The highest BCUT2D eigenvalue weighted by Gasteiger charge is 2.09. The fourth-order valence-corrected chi connectivity index (χ4v) is 2.76. The number of hydrogen-bond acceptors (Lipinski definition) is 4. The van der Waals surface area contributed by atoms with Crippen molar-refractivity contribution in [1.29, 1.82) is 0 Å². The highest BCUT2D eigenvalue weighted by atomic mass is 35.5. The molecule has 4 rings (SSSR count). The van der Waals surface area contributed by atoms with Gasteiger partial charge in [-0.1, -0.05) is 29.8 Å². The van der Waals surface area contributed by atoms with Gasteiger partial charge >= 0.3 is 0 Å². The molecule has 6 heteroatoms. The third-order valence-corrected chi connectivity index (χ3v) is 4.14. The summed E-state index contributed by atoms with van der Waals surface area (Å²) in [6, 6.07) is 18.2. The van der Waals surface area contributed by atoms with E-state index in [-0.39, 0.29) is 5.91 Å². The van der Waals surface area contributed by atoms with E-state index in [9.17, 15) is 4.79 Å². The Hall–Kier alpha value is -3.18. The molecule has 0 fully saturated rings. The van der Waals surface area contributed by atoms with Crippen LogP contribution in [0.4, 0.5) is 0 Å². The normalized spacial score (nSPS) is 10.8. The predicted molar refractivity (Wildman–Crippen MR) is 99.9 cm³/mol. The van der Waals surface area contributed by atoms with Gasteiger partial charge in [0.25, 0.3) is 5.91 Å². The molecule has 0 saturated heterocycles. The SMILES string of the molecule is O=C(NCc1ccc(-c2nc3ncccc3o2)cc1)c1cccc(Cl)c1. The van der Waals surface area contributed by atoms with Crippen LogP contribution in [-0.4, -0.2) is 15.9 Å². The predicted octanol–water partition coefficient (Wildman–Crippen LogP) is 4.47. The maximum atomic E-state index is 12.2. The van der Waals surface area contributed by atoms with Crippen molar-refractivity contribution < 1.29 is 9.21 Å². The van der Waals surface area contributed by atoms with Gasteiger partial charge in [-0.25, -0.2) is 4.98 Å². The summed E-state index contributed by atoms with van der Waals surface area (Å²) >= 11 is 5.91. The van der Waals surface area contributed by atoms with Gasteiger partial charge in [-0.3, -0.25) is 4.79 Å². The fourth-order valence-electron chi connectivity index (χ4n) is 2.57. The molecule has 0 spiro atoms. The first-order valence-electron chi connectivity index (χ1n) is 8.04. The number of nitrogens with one attached hydrogen (secondary N) is 1. The molecule has 1 amide bonds. The number of hydrogen-bond donors (Lipinski definition) is 1. The van der Waals surface area contributed by atoms with Gasteiger partial charge in [0.2, 0.25) is 5.89 Å². The Balaban J connectivity index is 1.45. The molecule has 128 valence electrons. The summed E-state index contributed by atoms with van der Waals surface area (Å²) in [5.74, 6) is 0.356. The third-order valence-electron chi connectivity index (χ3n) is 3.91. The van der Waals surface area contributed by atoms with Gasteiger partial charge in [0.05, 0.1) is 0 Å². The van der Waals surface area contributed by atoms with E-state index in [1.54, 1.807) is 30.5 Å². The largest absolute Gasteiger partial charge is 0.434 e. The lowest BCUT2D eigenvalue weighted by Crippen LogP contribution is -2.22.